The molecule has 28 heavy (non-hydrogen) atoms. The predicted octanol–water partition coefficient (Wildman–Crippen LogP) is 2.67. The Morgan fingerprint density at radius 2 is 1.96 bits per heavy atom. The topological polar surface area (TPSA) is 62.3 Å². The van der Waals surface area contributed by atoms with E-state index in [1.807, 2.05) is 31.2 Å². The first-order valence-electron chi connectivity index (χ1n) is 9.25. The maximum absolute atomic E-state index is 12.0. The molecule has 5 rings (SSSR count). The van der Waals surface area contributed by atoms with E-state index in [2.05, 4.69) is 0 Å². The molecule has 0 bridgehead atoms. The van der Waals surface area contributed by atoms with Crippen molar-refractivity contribution >= 4 is 22.6 Å². The Labute approximate surface area is 166 Å². The summed E-state index contributed by atoms with van der Waals surface area (Å²) in [5.41, 5.74) is 3.12. The number of quaternary nitrogens is 1. The fourth-order valence-corrected chi connectivity index (χ4v) is 4.19. The smallest absolute Gasteiger partial charge is 0.336 e. The number of rotatable bonds is 3. The normalized spacial score (nSPS) is 17.4. The third kappa shape index (κ3) is 2.89. The molecule has 2 aliphatic heterocycles. The Kier molecular flexibility index (Phi) is 4.18. The quantitative estimate of drug-likeness (QED) is 0.685. The molecule has 0 aliphatic carbocycles. The van der Waals surface area contributed by atoms with Crippen LogP contribution < -0.4 is 24.7 Å². The fourth-order valence-electron chi connectivity index (χ4n) is 3.91. The zero-order valence-electron chi connectivity index (χ0n) is 15.3. The third-order valence-electron chi connectivity index (χ3n) is 5.24. The van der Waals surface area contributed by atoms with Crippen LogP contribution in [0.4, 0.5) is 0 Å². The number of hydrogen-bond acceptors (Lipinski definition) is 5. The van der Waals surface area contributed by atoms with Gasteiger partial charge >= 0.3 is 5.63 Å². The lowest BCUT2D eigenvalue weighted by atomic mass is 10.0. The Morgan fingerprint density at radius 3 is 2.82 bits per heavy atom. The van der Waals surface area contributed by atoms with Crippen molar-refractivity contribution in [3.63, 3.8) is 0 Å². The molecule has 3 heterocycles. The zero-order chi connectivity index (χ0) is 19.3. The lowest BCUT2D eigenvalue weighted by Gasteiger charge is -2.27. The zero-order valence-corrected chi connectivity index (χ0v) is 16.1. The minimum atomic E-state index is -0.350. The number of halogens is 1. The summed E-state index contributed by atoms with van der Waals surface area (Å²) in [6, 6.07) is 9.32. The van der Waals surface area contributed by atoms with Gasteiger partial charge in [0.15, 0.2) is 22.8 Å². The second-order valence-corrected chi connectivity index (χ2v) is 7.47. The summed E-state index contributed by atoms with van der Waals surface area (Å²) < 4.78 is 22.4. The van der Waals surface area contributed by atoms with Gasteiger partial charge in [0, 0.05) is 17.0 Å². The van der Waals surface area contributed by atoms with Gasteiger partial charge in [-0.15, -0.1) is 0 Å². The third-order valence-corrected chi connectivity index (χ3v) is 5.52. The molecule has 0 radical (unpaired) electrons. The number of hydrogen-bond donors (Lipinski definition) is 1. The van der Waals surface area contributed by atoms with Gasteiger partial charge in [-0.05, 0) is 36.2 Å². The Balaban J connectivity index is 1.51. The second-order valence-electron chi connectivity index (χ2n) is 7.07. The number of nitrogens with one attached hydrogen (secondary N) is 1. The largest absolute Gasteiger partial charge is 0.454 e. The highest BCUT2D eigenvalue weighted by Crippen LogP contribution is 2.37. The molecule has 1 aromatic heterocycles. The maximum Gasteiger partial charge on any atom is 0.336 e. The molecule has 7 heteroatoms. The first-order valence-corrected chi connectivity index (χ1v) is 9.63. The Hall–Kier alpha value is -2.70. The van der Waals surface area contributed by atoms with Crippen LogP contribution >= 0.6 is 11.6 Å². The van der Waals surface area contributed by atoms with E-state index >= 15 is 0 Å². The molecule has 0 fully saturated rings. The number of benzene rings is 2. The van der Waals surface area contributed by atoms with Gasteiger partial charge in [-0.25, -0.2) is 4.79 Å². The Bertz CT molecular complexity index is 1140. The summed E-state index contributed by atoms with van der Waals surface area (Å²) in [5.74, 6) is 2.15. The minimum absolute atomic E-state index is 0.259. The first kappa shape index (κ1) is 17.4. The molecule has 2 aromatic carbocycles. The van der Waals surface area contributed by atoms with Gasteiger partial charge in [0.1, 0.15) is 13.1 Å². The van der Waals surface area contributed by atoms with Crippen molar-refractivity contribution in [3.05, 3.63) is 62.5 Å². The van der Waals surface area contributed by atoms with E-state index in [0.717, 1.165) is 46.5 Å². The van der Waals surface area contributed by atoms with E-state index in [9.17, 15) is 4.79 Å². The van der Waals surface area contributed by atoms with E-state index < -0.39 is 0 Å². The van der Waals surface area contributed by atoms with E-state index in [0.29, 0.717) is 29.6 Å². The molecule has 0 spiro atoms. The van der Waals surface area contributed by atoms with Gasteiger partial charge in [0.25, 0.3) is 0 Å². The average molecular weight is 401 g/mol. The van der Waals surface area contributed by atoms with Gasteiger partial charge in [0.2, 0.25) is 13.5 Å². The van der Waals surface area contributed by atoms with Crippen LogP contribution in [-0.4, -0.2) is 13.5 Å². The SMILES string of the molecule is CCc1cc(=O)oc2c3c(c(Cl)cc12)OC[NH+](Cc1ccc2c(c1)OCO2)C3. The van der Waals surface area contributed by atoms with Crippen LogP contribution in [-0.2, 0) is 19.5 Å². The molecule has 1 unspecified atom stereocenters. The van der Waals surface area contributed by atoms with E-state index in [1.54, 1.807) is 0 Å². The van der Waals surface area contributed by atoms with Crippen molar-refractivity contribution in [2.45, 2.75) is 26.4 Å². The van der Waals surface area contributed by atoms with Crippen LogP contribution in [0.5, 0.6) is 17.2 Å². The monoisotopic (exact) mass is 400 g/mol. The molecule has 6 nitrogen and oxygen atoms in total. The van der Waals surface area contributed by atoms with Gasteiger partial charge in [-0.1, -0.05) is 18.5 Å². The van der Waals surface area contributed by atoms with Crippen molar-refractivity contribution in [2.24, 2.45) is 0 Å². The van der Waals surface area contributed by atoms with Gasteiger partial charge in [0.05, 0.1) is 10.6 Å². The van der Waals surface area contributed by atoms with E-state index in [-0.39, 0.29) is 12.4 Å². The fraction of sp³-hybridized carbons (Fsp3) is 0.286. The lowest BCUT2D eigenvalue weighted by Crippen LogP contribution is -3.10. The standard InChI is InChI=1S/C21H18ClNO5/c1-2-13-6-19(24)28-20-14(13)7-16(22)21-15(20)9-23(10-25-21)8-12-3-4-17-18(5-12)27-11-26-17/h3-7H,2,8-11H2,1H3/p+1. The highest BCUT2D eigenvalue weighted by Gasteiger charge is 2.28. The van der Waals surface area contributed by atoms with Gasteiger partial charge in [-0.3, -0.25) is 4.90 Å². The van der Waals surface area contributed by atoms with Crippen molar-refractivity contribution in [2.75, 3.05) is 13.5 Å². The first-order chi connectivity index (χ1) is 13.6. The highest BCUT2D eigenvalue weighted by molar-refractivity contribution is 6.33. The Morgan fingerprint density at radius 1 is 1.11 bits per heavy atom. The van der Waals surface area contributed by atoms with Crippen molar-refractivity contribution < 1.29 is 23.5 Å². The molecule has 3 aromatic rings. The summed E-state index contributed by atoms with van der Waals surface area (Å²) in [6.45, 7) is 4.13. The highest BCUT2D eigenvalue weighted by atomic mass is 35.5. The van der Waals surface area contributed by atoms with Crippen LogP contribution in [0.15, 0.2) is 39.5 Å². The second kappa shape index (κ2) is 6.72. The van der Waals surface area contributed by atoms with Crippen LogP contribution in [0.2, 0.25) is 5.02 Å². The van der Waals surface area contributed by atoms with Crippen LogP contribution in [0.25, 0.3) is 11.0 Å². The van der Waals surface area contributed by atoms with Crippen molar-refractivity contribution in [1.82, 2.24) is 0 Å². The number of aryl methyl sites for hydroxylation is 1. The average Bonchev–Trinajstić information content (AvgIpc) is 3.16. The number of ether oxygens (including phenoxy) is 3. The molecule has 144 valence electrons. The summed E-state index contributed by atoms with van der Waals surface area (Å²) in [4.78, 5) is 13.2. The number of fused-ring (bicyclic) bond motifs is 4. The summed E-state index contributed by atoms with van der Waals surface area (Å²) in [6.07, 6.45) is 0.728. The summed E-state index contributed by atoms with van der Waals surface area (Å²) >= 11 is 6.48. The van der Waals surface area contributed by atoms with Crippen molar-refractivity contribution in [3.8, 4) is 17.2 Å². The molecular weight excluding hydrogens is 382 g/mol. The lowest BCUT2D eigenvalue weighted by molar-refractivity contribution is -0.945. The molecule has 0 amide bonds. The molecule has 0 saturated carbocycles. The molecule has 1 atom stereocenters. The molecular formula is C21H19ClNO5+. The van der Waals surface area contributed by atoms with Crippen LogP contribution in [0, 0.1) is 0 Å². The predicted molar refractivity (Wildman–Crippen MR) is 103 cm³/mol. The van der Waals surface area contributed by atoms with Gasteiger partial charge < -0.3 is 18.6 Å². The van der Waals surface area contributed by atoms with Gasteiger partial charge in [-0.2, -0.15) is 0 Å². The van der Waals surface area contributed by atoms with Crippen LogP contribution in [0.3, 0.4) is 0 Å². The molecule has 0 saturated heterocycles. The summed E-state index contributed by atoms with van der Waals surface area (Å²) in [5, 5.41) is 1.42. The minimum Gasteiger partial charge on any atom is -0.454 e. The van der Waals surface area contributed by atoms with E-state index in [1.165, 1.54) is 11.0 Å². The molecule has 2 aliphatic rings. The van der Waals surface area contributed by atoms with Crippen molar-refractivity contribution in [1.29, 1.82) is 0 Å². The summed E-state index contributed by atoms with van der Waals surface area (Å²) in [7, 11) is 0. The molecule has 1 N–H and O–H groups in total. The van der Waals surface area contributed by atoms with Crippen LogP contribution in [0.1, 0.15) is 23.6 Å². The maximum atomic E-state index is 12.0. The van der Waals surface area contributed by atoms with E-state index in [4.69, 9.17) is 30.2 Å².